The van der Waals surface area contributed by atoms with Gasteiger partial charge in [0.05, 0.1) is 5.52 Å². The SMILES string of the molecule is CC(C)C(=CC(=O)O)c1c[nH]c2c(F)cccc12. The summed E-state index contributed by atoms with van der Waals surface area (Å²) < 4.78 is 13.6. The maximum absolute atomic E-state index is 13.6. The molecule has 0 radical (unpaired) electrons. The van der Waals surface area contributed by atoms with Crippen molar-refractivity contribution in [3.63, 3.8) is 0 Å². The van der Waals surface area contributed by atoms with Crippen molar-refractivity contribution in [1.29, 1.82) is 0 Å². The van der Waals surface area contributed by atoms with Crippen LogP contribution >= 0.6 is 0 Å². The third-order valence-electron chi connectivity index (χ3n) is 2.88. The maximum Gasteiger partial charge on any atom is 0.328 e. The average Bonchev–Trinajstić information content (AvgIpc) is 2.70. The topological polar surface area (TPSA) is 53.1 Å². The molecule has 0 saturated heterocycles. The number of H-pyrrole nitrogens is 1. The molecule has 2 rings (SSSR count). The molecule has 18 heavy (non-hydrogen) atoms. The van der Waals surface area contributed by atoms with Crippen LogP contribution in [0.5, 0.6) is 0 Å². The fraction of sp³-hybridized carbons (Fsp3) is 0.214. The Morgan fingerprint density at radius 1 is 1.44 bits per heavy atom. The predicted molar refractivity (Wildman–Crippen MR) is 68.7 cm³/mol. The number of rotatable bonds is 3. The van der Waals surface area contributed by atoms with E-state index in [1.54, 1.807) is 18.3 Å². The first kappa shape index (κ1) is 12.4. The number of carboxylic acid groups (broad SMARTS) is 1. The number of aliphatic carboxylic acids is 1. The Morgan fingerprint density at radius 2 is 2.17 bits per heavy atom. The summed E-state index contributed by atoms with van der Waals surface area (Å²) in [5, 5.41) is 9.60. The van der Waals surface area contributed by atoms with Crippen LogP contribution in [0.25, 0.3) is 16.5 Å². The van der Waals surface area contributed by atoms with Gasteiger partial charge in [-0.25, -0.2) is 9.18 Å². The molecular weight excluding hydrogens is 233 g/mol. The summed E-state index contributed by atoms with van der Waals surface area (Å²) in [6, 6.07) is 4.77. The van der Waals surface area contributed by atoms with Gasteiger partial charge < -0.3 is 10.1 Å². The first-order valence-corrected chi connectivity index (χ1v) is 5.71. The molecule has 1 heterocycles. The lowest BCUT2D eigenvalue weighted by molar-refractivity contribution is -0.131. The van der Waals surface area contributed by atoms with Crippen LogP contribution in [0.3, 0.4) is 0 Å². The van der Waals surface area contributed by atoms with Gasteiger partial charge in [-0.1, -0.05) is 26.0 Å². The van der Waals surface area contributed by atoms with Crippen molar-refractivity contribution in [3.8, 4) is 0 Å². The maximum atomic E-state index is 13.6. The van der Waals surface area contributed by atoms with E-state index in [0.717, 1.165) is 5.56 Å². The number of aromatic amines is 1. The van der Waals surface area contributed by atoms with Gasteiger partial charge >= 0.3 is 5.97 Å². The van der Waals surface area contributed by atoms with E-state index in [1.807, 2.05) is 13.8 Å². The van der Waals surface area contributed by atoms with E-state index in [-0.39, 0.29) is 11.7 Å². The minimum atomic E-state index is -0.996. The van der Waals surface area contributed by atoms with Gasteiger partial charge in [-0.05, 0) is 17.6 Å². The number of carbonyl (C=O) groups is 1. The number of hydrogen-bond donors (Lipinski definition) is 2. The second-order valence-corrected chi connectivity index (χ2v) is 4.46. The fourth-order valence-electron chi connectivity index (χ4n) is 2.04. The number of nitrogens with one attached hydrogen (secondary N) is 1. The van der Waals surface area contributed by atoms with E-state index in [2.05, 4.69) is 4.98 Å². The molecule has 2 aromatic rings. The molecule has 0 aliphatic heterocycles. The smallest absolute Gasteiger partial charge is 0.328 e. The molecule has 0 saturated carbocycles. The highest BCUT2D eigenvalue weighted by molar-refractivity contribution is 5.98. The van der Waals surface area contributed by atoms with Crippen LogP contribution in [0, 0.1) is 11.7 Å². The summed E-state index contributed by atoms with van der Waals surface area (Å²) in [6.07, 6.45) is 2.83. The molecule has 1 aromatic heterocycles. The summed E-state index contributed by atoms with van der Waals surface area (Å²) in [6.45, 7) is 3.82. The van der Waals surface area contributed by atoms with Crippen molar-refractivity contribution in [2.45, 2.75) is 13.8 Å². The van der Waals surface area contributed by atoms with E-state index >= 15 is 0 Å². The Bertz CT molecular complexity index is 626. The monoisotopic (exact) mass is 247 g/mol. The molecule has 1 aromatic carbocycles. The highest BCUT2D eigenvalue weighted by atomic mass is 19.1. The standard InChI is InChI=1S/C14H14FNO2/c1-8(2)10(6-13(17)18)11-7-16-14-9(11)4-3-5-12(14)15/h3-8,16H,1-2H3,(H,17,18). The van der Waals surface area contributed by atoms with Crippen molar-refractivity contribution < 1.29 is 14.3 Å². The number of allylic oxidation sites excluding steroid dienone is 1. The molecule has 2 N–H and O–H groups in total. The lowest BCUT2D eigenvalue weighted by atomic mass is 9.94. The summed E-state index contributed by atoms with van der Waals surface area (Å²) in [5.41, 5.74) is 1.82. The van der Waals surface area contributed by atoms with Crippen LogP contribution < -0.4 is 0 Å². The largest absolute Gasteiger partial charge is 0.478 e. The van der Waals surface area contributed by atoms with Gasteiger partial charge in [-0.15, -0.1) is 0 Å². The first-order chi connectivity index (χ1) is 8.50. The van der Waals surface area contributed by atoms with Crippen molar-refractivity contribution in [2.75, 3.05) is 0 Å². The quantitative estimate of drug-likeness (QED) is 0.816. The van der Waals surface area contributed by atoms with Gasteiger partial charge in [0, 0.05) is 23.2 Å². The number of benzene rings is 1. The first-order valence-electron chi connectivity index (χ1n) is 5.71. The Hall–Kier alpha value is -2.10. The highest BCUT2D eigenvalue weighted by Gasteiger charge is 2.14. The fourth-order valence-corrected chi connectivity index (χ4v) is 2.04. The highest BCUT2D eigenvalue weighted by Crippen LogP contribution is 2.30. The predicted octanol–water partition coefficient (Wildman–Crippen LogP) is 3.43. The minimum Gasteiger partial charge on any atom is -0.478 e. The minimum absolute atomic E-state index is 0.0448. The molecule has 3 nitrogen and oxygen atoms in total. The van der Waals surface area contributed by atoms with E-state index in [9.17, 15) is 9.18 Å². The van der Waals surface area contributed by atoms with Crippen molar-refractivity contribution in [2.24, 2.45) is 5.92 Å². The van der Waals surface area contributed by atoms with E-state index in [1.165, 1.54) is 12.1 Å². The molecule has 94 valence electrons. The van der Waals surface area contributed by atoms with Crippen LogP contribution in [-0.2, 0) is 4.79 Å². The van der Waals surface area contributed by atoms with E-state index in [0.29, 0.717) is 16.5 Å². The van der Waals surface area contributed by atoms with Crippen molar-refractivity contribution >= 4 is 22.4 Å². The Balaban J connectivity index is 2.66. The van der Waals surface area contributed by atoms with Crippen molar-refractivity contribution in [1.82, 2.24) is 4.98 Å². The number of fused-ring (bicyclic) bond motifs is 1. The molecule has 0 amide bonds. The Kier molecular flexibility index (Phi) is 3.19. The van der Waals surface area contributed by atoms with Crippen LogP contribution in [0.1, 0.15) is 19.4 Å². The second-order valence-electron chi connectivity index (χ2n) is 4.46. The van der Waals surface area contributed by atoms with Gasteiger partial charge in [-0.3, -0.25) is 0 Å². The molecular formula is C14H14FNO2. The zero-order valence-corrected chi connectivity index (χ0v) is 10.2. The number of halogens is 1. The van der Waals surface area contributed by atoms with Crippen LogP contribution in [0.2, 0.25) is 0 Å². The zero-order chi connectivity index (χ0) is 13.3. The Labute approximate surface area is 104 Å². The molecule has 0 aliphatic carbocycles. The van der Waals surface area contributed by atoms with Gasteiger partial charge in [-0.2, -0.15) is 0 Å². The second kappa shape index (κ2) is 4.64. The van der Waals surface area contributed by atoms with Gasteiger partial charge in [0.15, 0.2) is 0 Å². The summed E-state index contributed by atoms with van der Waals surface area (Å²) in [7, 11) is 0. The summed E-state index contributed by atoms with van der Waals surface area (Å²) >= 11 is 0. The van der Waals surface area contributed by atoms with Gasteiger partial charge in [0.2, 0.25) is 0 Å². The molecule has 0 aliphatic rings. The molecule has 0 fully saturated rings. The molecule has 0 spiro atoms. The van der Waals surface area contributed by atoms with E-state index < -0.39 is 5.97 Å². The molecule has 0 unspecified atom stereocenters. The van der Waals surface area contributed by atoms with Gasteiger partial charge in [0.25, 0.3) is 0 Å². The van der Waals surface area contributed by atoms with Crippen molar-refractivity contribution in [3.05, 3.63) is 41.9 Å². The molecule has 0 atom stereocenters. The number of para-hydroxylation sites is 1. The number of hydrogen-bond acceptors (Lipinski definition) is 1. The molecule has 4 heteroatoms. The lowest BCUT2D eigenvalue weighted by Gasteiger charge is -2.09. The lowest BCUT2D eigenvalue weighted by Crippen LogP contribution is -1.98. The number of aromatic nitrogens is 1. The van der Waals surface area contributed by atoms with Gasteiger partial charge in [0.1, 0.15) is 5.82 Å². The summed E-state index contributed by atoms with van der Waals surface area (Å²) in [5.74, 6) is -1.29. The van der Waals surface area contributed by atoms with E-state index in [4.69, 9.17) is 5.11 Å². The summed E-state index contributed by atoms with van der Waals surface area (Å²) in [4.78, 5) is 13.7. The Morgan fingerprint density at radius 3 is 2.78 bits per heavy atom. The molecule has 0 bridgehead atoms. The normalized spacial score (nSPS) is 12.3. The van der Waals surface area contributed by atoms with Crippen LogP contribution in [0.4, 0.5) is 4.39 Å². The zero-order valence-electron chi connectivity index (χ0n) is 10.2. The van der Waals surface area contributed by atoms with Crippen LogP contribution in [0.15, 0.2) is 30.5 Å². The third kappa shape index (κ3) is 2.14. The third-order valence-corrected chi connectivity index (χ3v) is 2.88. The number of carboxylic acids is 1. The average molecular weight is 247 g/mol. The van der Waals surface area contributed by atoms with Crippen LogP contribution in [-0.4, -0.2) is 16.1 Å².